The Morgan fingerprint density at radius 3 is 2.63 bits per heavy atom. The summed E-state index contributed by atoms with van der Waals surface area (Å²) in [5.74, 6) is 0.470. The van der Waals surface area contributed by atoms with E-state index in [0.717, 1.165) is 45.3 Å². The standard InChI is InChI=1S/C24H23N2O/c1-15(2)12-18-20(25-4)9-10-22-24(18)19-14-17(16(3)13-23(19)27-22)21-8-6-7-11-26(21)5/h6-11,13-15H,12H2,1-3,5H3/q+1. The molecule has 134 valence electrons. The maximum Gasteiger partial charge on any atom is 0.212 e. The van der Waals surface area contributed by atoms with Gasteiger partial charge in [-0.3, -0.25) is 0 Å². The summed E-state index contributed by atoms with van der Waals surface area (Å²) < 4.78 is 8.30. The average molecular weight is 355 g/mol. The van der Waals surface area contributed by atoms with E-state index < -0.39 is 0 Å². The highest BCUT2D eigenvalue weighted by Crippen LogP contribution is 2.39. The number of nitrogens with zero attached hydrogens (tertiary/aromatic N) is 2. The predicted molar refractivity (Wildman–Crippen MR) is 110 cm³/mol. The molecule has 0 aliphatic heterocycles. The van der Waals surface area contributed by atoms with Crippen molar-refractivity contribution in [2.45, 2.75) is 27.2 Å². The molecule has 0 aliphatic carbocycles. The van der Waals surface area contributed by atoms with Gasteiger partial charge in [0.05, 0.1) is 6.57 Å². The summed E-state index contributed by atoms with van der Waals surface area (Å²) >= 11 is 0. The molecule has 3 heteroatoms. The van der Waals surface area contributed by atoms with Crippen molar-refractivity contribution in [3.8, 4) is 11.3 Å². The van der Waals surface area contributed by atoms with Crippen molar-refractivity contribution in [2.24, 2.45) is 13.0 Å². The van der Waals surface area contributed by atoms with Crippen molar-refractivity contribution in [3.05, 3.63) is 71.2 Å². The number of aromatic nitrogens is 1. The average Bonchev–Trinajstić information content (AvgIpc) is 2.99. The summed E-state index contributed by atoms with van der Waals surface area (Å²) in [6.45, 7) is 14.1. The first-order chi connectivity index (χ1) is 13.0. The zero-order valence-corrected chi connectivity index (χ0v) is 16.2. The van der Waals surface area contributed by atoms with Crippen LogP contribution in [0.2, 0.25) is 0 Å². The lowest BCUT2D eigenvalue weighted by Crippen LogP contribution is -2.30. The van der Waals surface area contributed by atoms with Gasteiger partial charge in [-0.1, -0.05) is 19.9 Å². The van der Waals surface area contributed by atoms with Crippen LogP contribution in [0.25, 0.3) is 38.0 Å². The molecule has 2 aromatic heterocycles. The van der Waals surface area contributed by atoms with Gasteiger partial charge in [0.15, 0.2) is 11.9 Å². The third-order valence-electron chi connectivity index (χ3n) is 5.13. The third-order valence-corrected chi connectivity index (χ3v) is 5.13. The van der Waals surface area contributed by atoms with Crippen molar-refractivity contribution in [3.63, 3.8) is 0 Å². The van der Waals surface area contributed by atoms with Gasteiger partial charge in [-0.15, -0.1) is 0 Å². The maximum absolute atomic E-state index is 7.60. The molecule has 0 fully saturated rings. The van der Waals surface area contributed by atoms with Gasteiger partial charge in [-0.05, 0) is 54.7 Å². The second kappa shape index (κ2) is 6.55. The number of hydrogen-bond acceptors (Lipinski definition) is 1. The minimum Gasteiger partial charge on any atom is -0.456 e. The number of rotatable bonds is 3. The summed E-state index contributed by atoms with van der Waals surface area (Å²) in [6, 6.07) is 14.4. The van der Waals surface area contributed by atoms with E-state index in [1.54, 1.807) is 0 Å². The van der Waals surface area contributed by atoms with Crippen LogP contribution in [0.3, 0.4) is 0 Å². The second-order valence-electron chi connectivity index (χ2n) is 7.61. The molecule has 2 heterocycles. The molecule has 0 atom stereocenters. The van der Waals surface area contributed by atoms with Crippen molar-refractivity contribution in [1.29, 1.82) is 0 Å². The minimum absolute atomic E-state index is 0.470. The third kappa shape index (κ3) is 2.88. The van der Waals surface area contributed by atoms with Crippen molar-refractivity contribution in [2.75, 3.05) is 0 Å². The summed E-state index contributed by atoms with van der Waals surface area (Å²) in [5, 5.41) is 2.18. The van der Waals surface area contributed by atoms with E-state index in [0.29, 0.717) is 5.92 Å². The smallest absolute Gasteiger partial charge is 0.212 e. The lowest BCUT2D eigenvalue weighted by Gasteiger charge is -2.09. The molecular weight excluding hydrogens is 332 g/mol. The Labute approximate surface area is 159 Å². The molecule has 4 rings (SSSR count). The van der Waals surface area contributed by atoms with Crippen molar-refractivity contribution >= 4 is 27.6 Å². The molecule has 0 N–H and O–H groups in total. The number of hydrogen-bond donors (Lipinski definition) is 0. The lowest BCUT2D eigenvalue weighted by atomic mass is 9.94. The second-order valence-corrected chi connectivity index (χ2v) is 7.61. The van der Waals surface area contributed by atoms with E-state index in [9.17, 15) is 0 Å². The fourth-order valence-corrected chi connectivity index (χ4v) is 3.87. The van der Waals surface area contributed by atoms with E-state index >= 15 is 0 Å². The van der Waals surface area contributed by atoms with Crippen LogP contribution in [0.5, 0.6) is 0 Å². The van der Waals surface area contributed by atoms with E-state index in [1.165, 1.54) is 11.1 Å². The zero-order chi connectivity index (χ0) is 19.1. The fraction of sp³-hybridized carbons (Fsp3) is 0.250. The molecule has 0 radical (unpaired) electrons. The Bertz CT molecular complexity index is 1210. The molecule has 4 aromatic rings. The molecule has 0 aliphatic rings. The highest BCUT2D eigenvalue weighted by atomic mass is 16.3. The Morgan fingerprint density at radius 2 is 1.93 bits per heavy atom. The summed E-state index contributed by atoms with van der Waals surface area (Å²) in [7, 11) is 2.06. The van der Waals surface area contributed by atoms with Crippen LogP contribution in [0.4, 0.5) is 5.69 Å². The zero-order valence-electron chi connectivity index (χ0n) is 16.2. The van der Waals surface area contributed by atoms with Crippen LogP contribution < -0.4 is 4.57 Å². The Hall–Kier alpha value is -3.12. The summed E-state index contributed by atoms with van der Waals surface area (Å²) in [4.78, 5) is 3.78. The predicted octanol–water partition coefficient (Wildman–Crippen LogP) is 6.14. The van der Waals surface area contributed by atoms with Gasteiger partial charge in [0.1, 0.15) is 18.2 Å². The van der Waals surface area contributed by atoms with E-state index in [4.69, 9.17) is 11.0 Å². The maximum atomic E-state index is 7.60. The van der Waals surface area contributed by atoms with Gasteiger partial charge in [0, 0.05) is 28.5 Å². The topological polar surface area (TPSA) is 21.4 Å². The Balaban J connectivity index is 2.09. The molecule has 2 aromatic carbocycles. The van der Waals surface area contributed by atoms with Crippen LogP contribution in [-0.4, -0.2) is 0 Å². The van der Waals surface area contributed by atoms with E-state index in [2.05, 4.69) is 67.7 Å². The van der Waals surface area contributed by atoms with Crippen LogP contribution in [0.15, 0.2) is 53.1 Å². The number of pyridine rings is 1. The van der Waals surface area contributed by atoms with Gasteiger partial charge >= 0.3 is 0 Å². The van der Waals surface area contributed by atoms with Crippen LogP contribution >= 0.6 is 0 Å². The van der Waals surface area contributed by atoms with Gasteiger partial charge < -0.3 is 4.42 Å². The number of furan rings is 1. The molecule has 27 heavy (non-hydrogen) atoms. The molecule has 0 spiro atoms. The number of benzene rings is 2. The quantitative estimate of drug-likeness (QED) is 0.320. The molecule has 0 saturated heterocycles. The van der Waals surface area contributed by atoms with Crippen LogP contribution in [0, 0.1) is 19.4 Å². The number of fused-ring (bicyclic) bond motifs is 3. The Morgan fingerprint density at radius 1 is 1.11 bits per heavy atom. The van der Waals surface area contributed by atoms with Gasteiger partial charge in [0.25, 0.3) is 0 Å². The van der Waals surface area contributed by atoms with Gasteiger partial charge in [0.2, 0.25) is 5.69 Å². The first kappa shape index (κ1) is 17.3. The van der Waals surface area contributed by atoms with Gasteiger partial charge in [-0.2, -0.15) is 0 Å². The first-order valence-electron chi connectivity index (χ1n) is 9.31. The van der Waals surface area contributed by atoms with Crippen LogP contribution in [0.1, 0.15) is 25.0 Å². The van der Waals surface area contributed by atoms with Crippen molar-refractivity contribution in [1.82, 2.24) is 0 Å². The minimum atomic E-state index is 0.470. The molecule has 0 saturated carbocycles. The normalized spacial score (nSPS) is 11.4. The summed E-state index contributed by atoms with van der Waals surface area (Å²) in [6.07, 6.45) is 2.93. The highest BCUT2D eigenvalue weighted by molar-refractivity contribution is 6.10. The Kier molecular flexibility index (Phi) is 4.20. The first-order valence-corrected chi connectivity index (χ1v) is 9.31. The highest BCUT2D eigenvalue weighted by Gasteiger charge is 2.19. The lowest BCUT2D eigenvalue weighted by molar-refractivity contribution is -0.660. The molecule has 3 nitrogen and oxygen atoms in total. The monoisotopic (exact) mass is 355 g/mol. The van der Waals surface area contributed by atoms with E-state index in [1.807, 2.05) is 18.2 Å². The molecule has 0 unspecified atom stereocenters. The number of aryl methyl sites for hydroxylation is 2. The van der Waals surface area contributed by atoms with Crippen LogP contribution in [-0.2, 0) is 13.5 Å². The largest absolute Gasteiger partial charge is 0.456 e. The fourth-order valence-electron chi connectivity index (χ4n) is 3.87. The molecular formula is C24H23N2O+. The SMILES string of the molecule is [C-]#[N+]c1ccc2oc3cc(C)c(-c4cccc[n+]4C)cc3c2c1CC(C)C. The molecule has 0 bridgehead atoms. The van der Waals surface area contributed by atoms with Gasteiger partial charge in [-0.25, -0.2) is 9.41 Å². The summed E-state index contributed by atoms with van der Waals surface area (Å²) in [5.41, 5.74) is 7.11. The molecule has 0 amide bonds. The van der Waals surface area contributed by atoms with E-state index in [-0.39, 0.29) is 0 Å². The van der Waals surface area contributed by atoms with Crippen molar-refractivity contribution < 1.29 is 8.98 Å².